The Kier molecular flexibility index (Phi) is 6.55. The second kappa shape index (κ2) is 8.87. The number of hydrazone groups is 1. The highest BCUT2D eigenvalue weighted by atomic mass is 16.5. The summed E-state index contributed by atoms with van der Waals surface area (Å²) < 4.78 is 5.49. The zero-order chi connectivity index (χ0) is 17.4. The zero-order valence-electron chi connectivity index (χ0n) is 14.5. The molecule has 2 aromatic carbocycles. The Labute approximate surface area is 143 Å². The summed E-state index contributed by atoms with van der Waals surface area (Å²) in [5, 5.41) is 4.09. The third kappa shape index (κ3) is 5.23. The van der Waals surface area contributed by atoms with Crippen LogP contribution in [0.1, 0.15) is 44.2 Å². The number of carbonyl (C=O) groups excluding carboxylic acids is 1. The molecule has 126 valence electrons. The molecule has 0 saturated heterocycles. The SMILES string of the molecule is CCC(C)c1ccc(OCC(=O)NN=C(C)c2ccccc2)cc1. The van der Waals surface area contributed by atoms with Crippen LogP contribution in [0, 0.1) is 0 Å². The summed E-state index contributed by atoms with van der Waals surface area (Å²) >= 11 is 0. The molecule has 4 nitrogen and oxygen atoms in total. The van der Waals surface area contributed by atoms with Gasteiger partial charge in [0.1, 0.15) is 5.75 Å². The Balaban J connectivity index is 1.83. The fourth-order valence-corrected chi connectivity index (χ4v) is 2.20. The number of ether oxygens (including phenoxy) is 1. The molecule has 0 aromatic heterocycles. The molecule has 0 radical (unpaired) electrons. The van der Waals surface area contributed by atoms with Crippen molar-refractivity contribution >= 4 is 11.6 Å². The van der Waals surface area contributed by atoms with Crippen molar-refractivity contribution in [2.45, 2.75) is 33.1 Å². The Morgan fingerprint density at radius 2 is 1.79 bits per heavy atom. The molecular formula is C20H24N2O2. The first-order valence-corrected chi connectivity index (χ1v) is 8.21. The van der Waals surface area contributed by atoms with Crippen molar-refractivity contribution in [1.29, 1.82) is 0 Å². The van der Waals surface area contributed by atoms with E-state index in [1.54, 1.807) is 0 Å². The molecule has 0 aliphatic heterocycles. The summed E-state index contributed by atoms with van der Waals surface area (Å²) in [5.74, 6) is 0.926. The summed E-state index contributed by atoms with van der Waals surface area (Å²) in [5.41, 5.74) is 5.51. The van der Waals surface area contributed by atoms with Gasteiger partial charge in [0.15, 0.2) is 6.61 Å². The van der Waals surface area contributed by atoms with Gasteiger partial charge in [-0.2, -0.15) is 5.10 Å². The highest BCUT2D eigenvalue weighted by Crippen LogP contribution is 2.21. The van der Waals surface area contributed by atoms with Gasteiger partial charge in [0.25, 0.3) is 5.91 Å². The smallest absolute Gasteiger partial charge is 0.277 e. The van der Waals surface area contributed by atoms with Crippen LogP contribution in [0.15, 0.2) is 59.7 Å². The zero-order valence-corrected chi connectivity index (χ0v) is 14.5. The molecule has 0 bridgehead atoms. The normalized spacial score (nSPS) is 12.5. The van der Waals surface area contributed by atoms with Crippen molar-refractivity contribution < 1.29 is 9.53 Å². The third-order valence-electron chi connectivity index (χ3n) is 3.97. The molecule has 2 aromatic rings. The van der Waals surface area contributed by atoms with Crippen molar-refractivity contribution in [3.05, 3.63) is 65.7 Å². The molecule has 2 rings (SSSR count). The van der Waals surface area contributed by atoms with E-state index in [4.69, 9.17) is 4.74 Å². The monoisotopic (exact) mass is 324 g/mol. The Bertz CT molecular complexity index is 679. The largest absolute Gasteiger partial charge is 0.484 e. The third-order valence-corrected chi connectivity index (χ3v) is 3.97. The minimum absolute atomic E-state index is 0.0613. The van der Waals surface area contributed by atoms with Gasteiger partial charge >= 0.3 is 0 Å². The lowest BCUT2D eigenvalue weighted by Crippen LogP contribution is -2.25. The highest BCUT2D eigenvalue weighted by Gasteiger charge is 2.05. The standard InChI is InChI=1S/C20H24N2O2/c1-4-15(2)17-10-12-19(13-11-17)24-14-20(23)22-21-16(3)18-8-6-5-7-9-18/h5-13,15H,4,14H2,1-3H3,(H,22,23). The van der Waals surface area contributed by atoms with Crippen molar-refractivity contribution in [2.75, 3.05) is 6.61 Å². The first-order chi connectivity index (χ1) is 11.6. The molecule has 0 fully saturated rings. The lowest BCUT2D eigenvalue weighted by molar-refractivity contribution is -0.123. The maximum Gasteiger partial charge on any atom is 0.277 e. The van der Waals surface area contributed by atoms with E-state index in [0.717, 1.165) is 17.7 Å². The maximum atomic E-state index is 11.8. The molecular weight excluding hydrogens is 300 g/mol. The molecule has 0 aliphatic carbocycles. The van der Waals surface area contributed by atoms with Crippen molar-refractivity contribution in [1.82, 2.24) is 5.43 Å². The molecule has 1 atom stereocenters. The van der Waals surface area contributed by atoms with Gasteiger partial charge in [0.05, 0.1) is 5.71 Å². The number of hydrogen-bond acceptors (Lipinski definition) is 3. The van der Waals surface area contributed by atoms with Gasteiger partial charge in [-0.25, -0.2) is 5.43 Å². The number of hydrogen-bond donors (Lipinski definition) is 1. The number of amides is 1. The molecule has 4 heteroatoms. The van der Waals surface area contributed by atoms with E-state index in [-0.39, 0.29) is 12.5 Å². The van der Waals surface area contributed by atoms with Gasteiger partial charge in [-0.1, -0.05) is 56.3 Å². The summed E-state index contributed by atoms with van der Waals surface area (Å²) in [6.45, 7) is 6.14. The molecule has 0 saturated carbocycles. The molecule has 0 heterocycles. The number of benzene rings is 2. The number of carbonyl (C=O) groups is 1. The first kappa shape index (κ1) is 17.7. The first-order valence-electron chi connectivity index (χ1n) is 8.21. The highest BCUT2D eigenvalue weighted by molar-refractivity contribution is 5.99. The van der Waals surface area contributed by atoms with E-state index >= 15 is 0 Å². The van der Waals surface area contributed by atoms with E-state index in [1.165, 1.54) is 5.56 Å². The van der Waals surface area contributed by atoms with Crippen molar-refractivity contribution in [3.63, 3.8) is 0 Å². The van der Waals surface area contributed by atoms with Crippen LogP contribution in [0.4, 0.5) is 0 Å². The van der Waals surface area contributed by atoms with Gasteiger partial charge in [0, 0.05) is 0 Å². The molecule has 1 N–H and O–H groups in total. The van der Waals surface area contributed by atoms with Crippen molar-refractivity contribution in [2.24, 2.45) is 5.10 Å². The van der Waals surface area contributed by atoms with Gasteiger partial charge in [-0.3, -0.25) is 4.79 Å². The minimum atomic E-state index is -0.281. The maximum absolute atomic E-state index is 11.8. The van der Waals surface area contributed by atoms with Crippen LogP contribution < -0.4 is 10.2 Å². The Morgan fingerprint density at radius 1 is 1.12 bits per heavy atom. The van der Waals surface area contributed by atoms with Crippen LogP contribution in [-0.4, -0.2) is 18.2 Å². The van der Waals surface area contributed by atoms with E-state index < -0.39 is 0 Å². The van der Waals surface area contributed by atoms with E-state index in [1.807, 2.05) is 61.5 Å². The molecule has 1 amide bonds. The van der Waals surface area contributed by atoms with E-state index in [2.05, 4.69) is 24.4 Å². The van der Waals surface area contributed by atoms with Crippen LogP contribution in [0.2, 0.25) is 0 Å². The van der Waals surface area contributed by atoms with Crippen LogP contribution in [0.3, 0.4) is 0 Å². The average Bonchev–Trinajstić information content (AvgIpc) is 2.64. The Morgan fingerprint density at radius 3 is 2.42 bits per heavy atom. The summed E-state index contributed by atoms with van der Waals surface area (Å²) in [7, 11) is 0. The van der Waals surface area contributed by atoms with Gasteiger partial charge < -0.3 is 4.74 Å². The van der Waals surface area contributed by atoms with Gasteiger partial charge in [-0.15, -0.1) is 0 Å². The van der Waals surface area contributed by atoms with Gasteiger partial charge in [0.2, 0.25) is 0 Å². The number of rotatable bonds is 7. The predicted molar refractivity (Wildman–Crippen MR) is 97.4 cm³/mol. The molecule has 0 spiro atoms. The second-order valence-corrected chi connectivity index (χ2v) is 5.77. The summed E-state index contributed by atoms with van der Waals surface area (Å²) in [4.78, 5) is 11.8. The number of nitrogens with one attached hydrogen (secondary N) is 1. The van der Waals surface area contributed by atoms with Crippen LogP contribution >= 0.6 is 0 Å². The molecule has 24 heavy (non-hydrogen) atoms. The minimum Gasteiger partial charge on any atom is -0.484 e. The quantitative estimate of drug-likeness (QED) is 0.615. The van der Waals surface area contributed by atoms with Crippen LogP contribution in [0.25, 0.3) is 0 Å². The molecule has 0 aliphatic rings. The lowest BCUT2D eigenvalue weighted by Gasteiger charge is -2.10. The predicted octanol–water partition coefficient (Wildman–Crippen LogP) is 4.12. The average molecular weight is 324 g/mol. The van der Waals surface area contributed by atoms with E-state index in [0.29, 0.717) is 11.7 Å². The lowest BCUT2D eigenvalue weighted by atomic mass is 9.99. The molecule has 1 unspecified atom stereocenters. The fraction of sp³-hybridized carbons (Fsp3) is 0.300. The number of nitrogens with zero attached hydrogens (tertiary/aromatic N) is 1. The topological polar surface area (TPSA) is 50.7 Å². The van der Waals surface area contributed by atoms with Gasteiger partial charge in [-0.05, 0) is 42.5 Å². The van der Waals surface area contributed by atoms with E-state index in [9.17, 15) is 4.79 Å². The van der Waals surface area contributed by atoms with Crippen LogP contribution in [-0.2, 0) is 4.79 Å². The summed E-state index contributed by atoms with van der Waals surface area (Å²) in [6, 6.07) is 17.6. The van der Waals surface area contributed by atoms with Crippen LogP contribution in [0.5, 0.6) is 5.75 Å². The van der Waals surface area contributed by atoms with Crippen molar-refractivity contribution in [3.8, 4) is 5.75 Å². The fourth-order valence-electron chi connectivity index (χ4n) is 2.20. The Hall–Kier alpha value is -2.62. The second-order valence-electron chi connectivity index (χ2n) is 5.77. The summed E-state index contributed by atoms with van der Waals surface area (Å²) in [6.07, 6.45) is 1.10.